The average Bonchev–Trinajstić information content (AvgIpc) is 2.99. The fourth-order valence-electron chi connectivity index (χ4n) is 2.13. The van der Waals surface area contributed by atoms with Gasteiger partial charge < -0.3 is 10.1 Å². The summed E-state index contributed by atoms with van der Waals surface area (Å²) >= 11 is 11.9. The third kappa shape index (κ3) is 3.41. The third-order valence-electron chi connectivity index (χ3n) is 3.23. The second-order valence-electron chi connectivity index (χ2n) is 4.75. The minimum Gasteiger partial charge on any atom is -0.490 e. The van der Waals surface area contributed by atoms with E-state index in [1.165, 1.54) is 0 Å². The van der Waals surface area contributed by atoms with Crippen molar-refractivity contribution < 1.29 is 9.53 Å². The van der Waals surface area contributed by atoms with Crippen LogP contribution in [0.2, 0.25) is 10.0 Å². The van der Waals surface area contributed by atoms with Gasteiger partial charge in [0.2, 0.25) is 0 Å². The molecule has 7 heteroatoms. The highest BCUT2D eigenvalue weighted by Gasteiger charge is 2.12. The Bertz CT molecular complexity index is 848. The molecule has 2 aromatic heterocycles. The number of amides is 1. The Hall–Kier alpha value is -2.24. The summed E-state index contributed by atoms with van der Waals surface area (Å²) < 4.78 is 7.17. The summed E-state index contributed by atoms with van der Waals surface area (Å²) in [5.41, 5.74) is 1.27. The summed E-state index contributed by atoms with van der Waals surface area (Å²) in [4.78, 5) is 12.2. The van der Waals surface area contributed by atoms with Gasteiger partial charge in [-0.1, -0.05) is 35.3 Å². The molecule has 0 aliphatic heterocycles. The molecule has 3 aromatic rings. The standard InChI is InChI=1S/C16H13Cl2N3O2/c17-12-4-3-6-14(15(12)18)23-9-7-19-16(22)11-10-20-21-8-2-1-5-13(11)21/h1-6,8,10H,7,9H2,(H,19,22). The molecule has 1 N–H and O–H groups in total. The number of hydrogen-bond acceptors (Lipinski definition) is 3. The number of carbonyl (C=O) groups is 1. The summed E-state index contributed by atoms with van der Waals surface area (Å²) in [6.07, 6.45) is 3.33. The summed E-state index contributed by atoms with van der Waals surface area (Å²) in [6, 6.07) is 10.7. The number of pyridine rings is 1. The molecule has 118 valence electrons. The Balaban J connectivity index is 1.56. The summed E-state index contributed by atoms with van der Waals surface area (Å²) in [7, 11) is 0. The van der Waals surface area contributed by atoms with Crippen LogP contribution in [0.15, 0.2) is 48.8 Å². The Kier molecular flexibility index (Phi) is 4.69. The van der Waals surface area contributed by atoms with Gasteiger partial charge in [-0.15, -0.1) is 0 Å². The van der Waals surface area contributed by atoms with Gasteiger partial charge in [-0.25, -0.2) is 4.52 Å². The molecule has 0 unspecified atom stereocenters. The lowest BCUT2D eigenvalue weighted by molar-refractivity contribution is 0.0948. The minimum atomic E-state index is -0.202. The van der Waals surface area contributed by atoms with E-state index >= 15 is 0 Å². The summed E-state index contributed by atoms with van der Waals surface area (Å²) in [5, 5.41) is 7.71. The van der Waals surface area contributed by atoms with Crippen molar-refractivity contribution >= 4 is 34.6 Å². The fourth-order valence-corrected chi connectivity index (χ4v) is 2.47. The molecule has 2 heterocycles. The molecule has 1 aromatic carbocycles. The fraction of sp³-hybridized carbons (Fsp3) is 0.125. The second-order valence-corrected chi connectivity index (χ2v) is 5.53. The van der Waals surface area contributed by atoms with Crippen LogP contribution in [0.1, 0.15) is 10.4 Å². The molecule has 3 rings (SSSR count). The van der Waals surface area contributed by atoms with Crippen LogP contribution in [0.5, 0.6) is 5.75 Å². The first kappa shape index (κ1) is 15.6. The van der Waals surface area contributed by atoms with E-state index in [4.69, 9.17) is 27.9 Å². The van der Waals surface area contributed by atoms with Gasteiger partial charge in [0.05, 0.1) is 28.8 Å². The molecule has 0 atom stereocenters. The monoisotopic (exact) mass is 349 g/mol. The molecule has 0 bridgehead atoms. The Morgan fingerprint density at radius 1 is 1.22 bits per heavy atom. The van der Waals surface area contributed by atoms with Gasteiger partial charge in [-0.05, 0) is 24.3 Å². The lowest BCUT2D eigenvalue weighted by Crippen LogP contribution is -2.28. The number of fused-ring (bicyclic) bond motifs is 1. The zero-order chi connectivity index (χ0) is 16.2. The number of carbonyl (C=O) groups excluding carboxylic acids is 1. The van der Waals surface area contributed by atoms with Crippen LogP contribution in [-0.4, -0.2) is 28.7 Å². The maximum atomic E-state index is 12.2. The van der Waals surface area contributed by atoms with E-state index < -0.39 is 0 Å². The topological polar surface area (TPSA) is 55.6 Å². The van der Waals surface area contributed by atoms with Crippen molar-refractivity contribution in [2.24, 2.45) is 0 Å². The van der Waals surface area contributed by atoms with Gasteiger partial charge in [0.1, 0.15) is 17.4 Å². The van der Waals surface area contributed by atoms with Gasteiger partial charge in [0.15, 0.2) is 0 Å². The predicted molar refractivity (Wildman–Crippen MR) is 89.5 cm³/mol. The van der Waals surface area contributed by atoms with Crippen molar-refractivity contribution in [3.05, 3.63) is 64.4 Å². The predicted octanol–water partition coefficient (Wildman–Crippen LogP) is 3.45. The van der Waals surface area contributed by atoms with Crippen LogP contribution >= 0.6 is 23.2 Å². The van der Waals surface area contributed by atoms with Gasteiger partial charge in [-0.2, -0.15) is 5.10 Å². The molecule has 0 spiro atoms. The molecule has 0 saturated heterocycles. The molecule has 5 nitrogen and oxygen atoms in total. The average molecular weight is 350 g/mol. The highest BCUT2D eigenvalue weighted by Crippen LogP contribution is 2.31. The first-order valence-electron chi connectivity index (χ1n) is 6.94. The van der Waals surface area contributed by atoms with Crippen LogP contribution in [-0.2, 0) is 0 Å². The normalized spacial score (nSPS) is 10.7. The Morgan fingerprint density at radius 3 is 2.96 bits per heavy atom. The first-order valence-corrected chi connectivity index (χ1v) is 7.70. The van der Waals surface area contributed by atoms with E-state index in [1.807, 2.05) is 18.2 Å². The second kappa shape index (κ2) is 6.89. The van der Waals surface area contributed by atoms with E-state index in [2.05, 4.69) is 10.4 Å². The number of aromatic nitrogens is 2. The van der Waals surface area contributed by atoms with Crippen molar-refractivity contribution in [2.75, 3.05) is 13.2 Å². The highest BCUT2D eigenvalue weighted by molar-refractivity contribution is 6.42. The summed E-state index contributed by atoms with van der Waals surface area (Å²) in [5.74, 6) is 0.288. The zero-order valence-corrected chi connectivity index (χ0v) is 13.5. The maximum Gasteiger partial charge on any atom is 0.255 e. The maximum absolute atomic E-state index is 12.2. The van der Waals surface area contributed by atoms with E-state index in [1.54, 1.807) is 35.1 Å². The highest BCUT2D eigenvalue weighted by atomic mass is 35.5. The Labute approximate surface area is 142 Å². The number of nitrogens with zero attached hydrogens (tertiary/aromatic N) is 2. The van der Waals surface area contributed by atoms with Crippen LogP contribution in [0, 0.1) is 0 Å². The van der Waals surface area contributed by atoms with E-state index in [9.17, 15) is 4.79 Å². The van der Waals surface area contributed by atoms with Crippen LogP contribution in [0.3, 0.4) is 0 Å². The van der Waals surface area contributed by atoms with Crippen molar-refractivity contribution in [3.8, 4) is 5.75 Å². The van der Waals surface area contributed by atoms with Crippen LogP contribution in [0.25, 0.3) is 5.52 Å². The zero-order valence-electron chi connectivity index (χ0n) is 12.0. The molecule has 0 aliphatic rings. The van der Waals surface area contributed by atoms with Crippen molar-refractivity contribution in [2.45, 2.75) is 0 Å². The van der Waals surface area contributed by atoms with E-state index in [0.717, 1.165) is 5.52 Å². The number of benzene rings is 1. The summed E-state index contributed by atoms with van der Waals surface area (Å²) in [6.45, 7) is 0.622. The van der Waals surface area contributed by atoms with Crippen molar-refractivity contribution in [1.29, 1.82) is 0 Å². The first-order chi connectivity index (χ1) is 11.2. The quantitative estimate of drug-likeness (QED) is 0.717. The smallest absolute Gasteiger partial charge is 0.255 e. The number of nitrogens with one attached hydrogen (secondary N) is 1. The van der Waals surface area contributed by atoms with E-state index in [-0.39, 0.29) is 12.5 Å². The molecule has 0 saturated carbocycles. The van der Waals surface area contributed by atoms with Gasteiger partial charge in [0.25, 0.3) is 5.91 Å². The lowest BCUT2D eigenvalue weighted by Gasteiger charge is -2.09. The van der Waals surface area contributed by atoms with Crippen LogP contribution in [0.4, 0.5) is 0 Å². The molecule has 1 amide bonds. The molecular formula is C16H13Cl2N3O2. The minimum absolute atomic E-state index is 0.202. The van der Waals surface area contributed by atoms with Crippen molar-refractivity contribution in [3.63, 3.8) is 0 Å². The van der Waals surface area contributed by atoms with Gasteiger partial charge in [0, 0.05) is 6.20 Å². The molecule has 0 aliphatic carbocycles. The van der Waals surface area contributed by atoms with Gasteiger partial charge in [-0.3, -0.25) is 4.79 Å². The van der Waals surface area contributed by atoms with Gasteiger partial charge >= 0.3 is 0 Å². The molecular weight excluding hydrogens is 337 g/mol. The number of hydrogen-bond donors (Lipinski definition) is 1. The lowest BCUT2D eigenvalue weighted by atomic mass is 10.2. The molecule has 0 radical (unpaired) electrons. The van der Waals surface area contributed by atoms with E-state index in [0.29, 0.717) is 27.9 Å². The number of rotatable bonds is 5. The SMILES string of the molecule is O=C(NCCOc1cccc(Cl)c1Cl)c1cnn2ccccc12. The Morgan fingerprint density at radius 2 is 2.09 bits per heavy atom. The number of halogens is 2. The van der Waals surface area contributed by atoms with Crippen LogP contribution < -0.4 is 10.1 Å². The van der Waals surface area contributed by atoms with Crippen molar-refractivity contribution in [1.82, 2.24) is 14.9 Å². The molecule has 0 fully saturated rings. The largest absolute Gasteiger partial charge is 0.490 e. The molecule has 23 heavy (non-hydrogen) atoms. The third-order valence-corrected chi connectivity index (χ3v) is 4.03. The number of ether oxygens (including phenoxy) is 1.